The van der Waals surface area contributed by atoms with Crippen molar-refractivity contribution < 1.29 is 43.3 Å². The van der Waals surface area contributed by atoms with Crippen LogP contribution in [0.2, 0.25) is 0 Å². The summed E-state index contributed by atoms with van der Waals surface area (Å²) < 4.78 is 0. The Kier molecular flexibility index (Phi) is 190. The minimum absolute atomic E-state index is 0. The SMILES string of the molecule is Cl.Cl.[Fe].[Zr]. The predicted octanol–water partition coefficient (Wildman–Crippen LogP) is 0.839. The number of halogens is 2. The van der Waals surface area contributed by atoms with Gasteiger partial charge in [-0.2, -0.15) is 0 Å². The molecule has 0 heterocycles. The zero-order valence-corrected chi connectivity index (χ0v) is 6.87. The van der Waals surface area contributed by atoms with Gasteiger partial charge in [0, 0.05) is 43.3 Å². The largest absolute Gasteiger partial charge is 0.147 e. The maximum Gasteiger partial charge on any atom is 0 e. The van der Waals surface area contributed by atoms with Crippen LogP contribution in [0, 0.1) is 0 Å². The second-order valence-electron chi connectivity index (χ2n) is 0. The Morgan fingerprint density at radius 1 is 0.750 bits per heavy atom. The van der Waals surface area contributed by atoms with E-state index < -0.39 is 0 Å². The van der Waals surface area contributed by atoms with Crippen molar-refractivity contribution in [1.82, 2.24) is 0 Å². The van der Waals surface area contributed by atoms with Crippen LogP contribution in [-0.2, 0) is 43.3 Å². The van der Waals surface area contributed by atoms with E-state index in [4.69, 9.17) is 0 Å². The van der Waals surface area contributed by atoms with E-state index in [2.05, 4.69) is 0 Å². The standard InChI is InChI=1S/2ClH.Fe.Zr/h2*1H;;. The summed E-state index contributed by atoms with van der Waals surface area (Å²) in [4.78, 5) is 0. The van der Waals surface area contributed by atoms with Crippen molar-refractivity contribution in [2.45, 2.75) is 0 Å². The van der Waals surface area contributed by atoms with Gasteiger partial charge in [0.15, 0.2) is 0 Å². The fourth-order valence-corrected chi connectivity index (χ4v) is 0. The maximum atomic E-state index is 0. The summed E-state index contributed by atoms with van der Waals surface area (Å²) in [6, 6.07) is 0. The molecule has 0 radical (unpaired) electrons. The Balaban J connectivity index is 0. The fraction of sp³-hybridized carbons (Fsp3) is 0. The van der Waals surface area contributed by atoms with Gasteiger partial charge in [-0.05, 0) is 0 Å². The fourth-order valence-electron chi connectivity index (χ4n) is 0. The van der Waals surface area contributed by atoms with Gasteiger partial charge in [0.05, 0.1) is 0 Å². The molecule has 0 fully saturated rings. The number of hydrogen-bond donors (Lipinski definition) is 0. The Hall–Kier alpha value is 1.98. The van der Waals surface area contributed by atoms with Crippen LogP contribution in [0.4, 0.5) is 0 Å². The third kappa shape index (κ3) is 9.01. The first kappa shape index (κ1) is 37.8. The summed E-state index contributed by atoms with van der Waals surface area (Å²) in [5.41, 5.74) is 0. The van der Waals surface area contributed by atoms with Gasteiger partial charge in [-0.15, -0.1) is 24.8 Å². The molecular weight excluding hydrogens is 218 g/mol. The van der Waals surface area contributed by atoms with Gasteiger partial charge in [-0.1, -0.05) is 0 Å². The van der Waals surface area contributed by atoms with Crippen molar-refractivity contribution in [2.75, 3.05) is 0 Å². The van der Waals surface area contributed by atoms with E-state index in [1.807, 2.05) is 0 Å². The van der Waals surface area contributed by atoms with Gasteiger partial charge in [-0.25, -0.2) is 0 Å². The molecule has 0 atom stereocenters. The quantitative estimate of drug-likeness (QED) is 0.530. The Morgan fingerprint density at radius 3 is 0.750 bits per heavy atom. The molecule has 0 aliphatic rings. The maximum absolute atomic E-state index is 0. The zero-order chi connectivity index (χ0) is 0. The molecule has 0 unspecified atom stereocenters. The van der Waals surface area contributed by atoms with Crippen molar-refractivity contribution in [2.24, 2.45) is 0 Å². The van der Waals surface area contributed by atoms with Crippen molar-refractivity contribution in [3.63, 3.8) is 0 Å². The summed E-state index contributed by atoms with van der Waals surface area (Å²) >= 11 is 0. The van der Waals surface area contributed by atoms with Crippen molar-refractivity contribution in [3.8, 4) is 0 Å². The third-order valence-electron chi connectivity index (χ3n) is 0. The van der Waals surface area contributed by atoms with Crippen LogP contribution in [0.15, 0.2) is 0 Å². The van der Waals surface area contributed by atoms with E-state index >= 15 is 0 Å². The van der Waals surface area contributed by atoms with Crippen LogP contribution < -0.4 is 0 Å². The molecule has 0 N–H and O–H groups in total. The molecule has 0 rings (SSSR count). The molecular formula is H2Cl2FeZr. The summed E-state index contributed by atoms with van der Waals surface area (Å²) in [5, 5.41) is 0. The van der Waals surface area contributed by atoms with E-state index in [-0.39, 0.29) is 68.1 Å². The van der Waals surface area contributed by atoms with Crippen molar-refractivity contribution in [1.29, 1.82) is 0 Å². The van der Waals surface area contributed by atoms with Gasteiger partial charge >= 0.3 is 0 Å². The Morgan fingerprint density at radius 2 is 0.750 bits per heavy atom. The first-order valence-electron chi connectivity index (χ1n) is 0. The molecule has 0 nitrogen and oxygen atoms in total. The smallest absolute Gasteiger partial charge is 0 e. The molecule has 0 aliphatic heterocycles. The van der Waals surface area contributed by atoms with E-state index in [9.17, 15) is 0 Å². The van der Waals surface area contributed by atoms with Gasteiger partial charge < -0.3 is 0 Å². The molecule has 0 amide bonds. The molecule has 0 aliphatic carbocycles. The molecule has 0 saturated heterocycles. The van der Waals surface area contributed by atoms with Crippen LogP contribution in [0.5, 0.6) is 0 Å². The average Bonchev–Trinajstić information content (AvgIpc) is 0. The molecule has 0 saturated carbocycles. The first-order chi connectivity index (χ1) is 0. The summed E-state index contributed by atoms with van der Waals surface area (Å²) in [7, 11) is 0. The van der Waals surface area contributed by atoms with Gasteiger partial charge in [0.1, 0.15) is 0 Å². The number of hydrogen-bond acceptors (Lipinski definition) is 0. The molecule has 4 heavy (non-hydrogen) atoms. The monoisotopic (exact) mass is 218 g/mol. The van der Waals surface area contributed by atoms with E-state index in [1.54, 1.807) is 0 Å². The second kappa shape index (κ2) is 20.1. The third-order valence-corrected chi connectivity index (χ3v) is 0. The molecule has 0 aromatic carbocycles. The van der Waals surface area contributed by atoms with Crippen molar-refractivity contribution >= 4 is 24.8 Å². The van der Waals surface area contributed by atoms with E-state index in [0.29, 0.717) is 0 Å². The van der Waals surface area contributed by atoms with Crippen LogP contribution in [0.1, 0.15) is 0 Å². The van der Waals surface area contributed by atoms with Gasteiger partial charge in [0.25, 0.3) is 0 Å². The Labute approximate surface area is 67.5 Å². The summed E-state index contributed by atoms with van der Waals surface area (Å²) in [6.45, 7) is 0. The summed E-state index contributed by atoms with van der Waals surface area (Å²) in [5.74, 6) is 0. The van der Waals surface area contributed by atoms with Crippen LogP contribution in [0.25, 0.3) is 0 Å². The minimum atomic E-state index is 0. The molecule has 4 heteroatoms. The number of rotatable bonds is 0. The van der Waals surface area contributed by atoms with Crippen LogP contribution in [-0.4, -0.2) is 0 Å². The van der Waals surface area contributed by atoms with E-state index in [0.717, 1.165) is 0 Å². The zero-order valence-electron chi connectivity index (χ0n) is 1.67. The molecule has 0 spiro atoms. The van der Waals surface area contributed by atoms with E-state index in [1.165, 1.54) is 0 Å². The van der Waals surface area contributed by atoms with Crippen LogP contribution in [0.3, 0.4) is 0 Å². The van der Waals surface area contributed by atoms with Gasteiger partial charge in [0.2, 0.25) is 0 Å². The van der Waals surface area contributed by atoms with Crippen LogP contribution >= 0.6 is 24.8 Å². The molecule has 28 valence electrons. The van der Waals surface area contributed by atoms with Crippen molar-refractivity contribution in [3.05, 3.63) is 0 Å². The molecule has 0 aromatic rings. The minimum Gasteiger partial charge on any atom is -0.147 e. The Bertz CT molecular complexity index is 6.00. The summed E-state index contributed by atoms with van der Waals surface area (Å²) in [6.07, 6.45) is 0. The second-order valence-corrected chi connectivity index (χ2v) is 0. The molecule has 0 aromatic heterocycles. The topological polar surface area (TPSA) is 0 Å². The first-order valence-corrected chi connectivity index (χ1v) is 0. The predicted molar refractivity (Wildman–Crippen MR) is 14.5 cm³/mol. The molecule has 0 bridgehead atoms. The van der Waals surface area contributed by atoms with Gasteiger partial charge in [-0.3, -0.25) is 0 Å². The average molecular weight is 220 g/mol. The normalized spacial score (nSPS) is 0.